The van der Waals surface area contributed by atoms with Gasteiger partial charge in [0.15, 0.2) is 0 Å². The van der Waals surface area contributed by atoms with Gasteiger partial charge in [-0.2, -0.15) is 12.6 Å². The second kappa shape index (κ2) is 4.72. The van der Waals surface area contributed by atoms with Crippen molar-refractivity contribution in [3.05, 3.63) is 0 Å². The monoisotopic (exact) mass is 200 g/mol. The van der Waals surface area contributed by atoms with Crippen molar-refractivity contribution in [2.45, 2.75) is 52.2 Å². The van der Waals surface area contributed by atoms with Gasteiger partial charge in [-0.1, -0.05) is 34.1 Å². The van der Waals surface area contributed by atoms with Crippen molar-refractivity contribution < 1.29 is 0 Å². The van der Waals surface area contributed by atoms with Crippen molar-refractivity contribution in [1.29, 1.82) is 0 Å². The largest absolute Gasteiger partial charge is 0.176 e. The summed E-state index contributed by atoms with van der Waals surface area (Å²) >= 11 is 4.70. The molecule has 0 nitrogen and oxygen atoms in total. The maximum absolute atomic E-state index is 4.70. The molecule has 0 radical (unpaired) electrons. The highest BCUT2D eigenvalue weighted by atomic mass is 32.1. The average Bonchev–Trinajstić information content (AvgIpc) is 2.18. The Bertz CT molecular complexity index is 155. The van der Waals surface area contributed by atoms with Crippen LogP contribution in [0.4, 0.5) is 0 Å². The zero-order valence-electron chi connectivity index (χ0n) is 9.46. The zero-order valence-corrected chi connectivity index (χ0v) is 10.3. The highest BCUT2D eigenvalue weighted by Gasteiger charge is 2.30. The van der Waals surface area contributed by atoms with Crippen LogP contribution in [-0.4, -0.2) is 5.25 Å². The maximum Gasteiger partial charge on any atom is 0.00451 e. The second-order valence-electron chi connectivity index (χ2n) is 5.02. The molecule has 0 aromatic heterocycles. The van der Waals surface area contributed by atoms with Crippen LogP contribution in [0.15, 0.2) is 0 Å². The van der Waals surface area contributed by atoms with Crippen LogP contribution in [0.1, 0.15) is 47.0 Å². The van der Waals surface area contributed by atoms with Crippen LogP contribution in [-0.2, 0) is 0 Å². The van der Waals surface area contributed by atoms with Crippen LogP contribution in [0.5, 0.6) is 0 Å². The molecule has 1 heteroatoms. The summed E-state index contributed by atoms with van der Waals surface area (Å²) in [7, 11) is 0. The molecule has 0 aromatic rings. The number of hydrogen-bond donors (Lipinski definition) is 1. The highest BCUT2D eigenvalue weighted by molar-refractivity contribution is 7.81. The van der Waals surface area contributed by atoms with Gasteiger partial charge in [-0.05, 0) is 36.5 Å². The van der Waals surface area contributed by atoms with Crippen molar-refractivity contribution in [2.24, 2.45) is 23.7 Å². The topological polar surface area (TPSA) is 0 Å². The summed E-state index contributed by atoms with van der Waals surface area (Å²) < 4.78 is 0. The Morgan fingerprint density at radius 2 is 1.69 bits per heavy atom. The summed E-state index contributed by atoms with van der Waals surface area (Å²) in [5.41, 5.74) is 0. The number of hydrogen-bond acceptors (Lipinski definition) is 1. The Kier molecular flexibility index (Phi) is 4.15. The van der Waals surface area contributed by atoms with Crippen molar-refractivity contribution in [2.75, 3.05) is 0 Å². The fraction of sp³-hybridized carbons (Fsp3) is 1.00. The molecular formula is C12H24S. The van der Waals surface area contributed by atoms with Crippen LogP contribution in [0, 0.1) is 23.7 Å². The normalized spacial score (nSPS) is 47.3. The summed E-state index contributed by atoms with van der Waals surface area (Å²) in [5.74, 6) is 3.49. The van der Waals surface area contributed by atoms with Gasteiger partial charge in [0.1, 0.15) is 0 Å². The quantitative estimate of drug-likeness (QED) is 0.480. The molecule has 78 valence electrons. The SMILES string of the molecule is CCC1CC(C)C(S)CC(C)C1C. The minimum atomic E-state index is 0.633. The summed E-state index contributed by atoms with van der Waals surface area (Å²) in [5, 5.41) is 0.633. The van der Waals surface area contributed by atoms with Crippen molar-refractivity contribution in [3.8, 4) is 0 Å². The first kappa shape index (κ1) is 11.4. The predicted octanol–water partition coefficient (Wildman–Crippen LogP) is 4.01. The molecule has 0 bridgehead atoms. The molecule has 0 aromatic carbocycles. The lowest BCUT2D eigenvalue weighted by atomic mass is 9.81. The van der Waals surface area contributed by atoms with E-state index in [0.717, 1.165) is 23.7 Å². The predicted molar refractivity (Wildman–Crippen MR) is 63.3 cm³/mol. The Morgan fingerprint density at radius 1 is 1.08 bits per heavy atom. The minimum Gasteiger partial charge on any atom is -0.176 e. The third-order valence-corrected chi connectivity index (χ3v) is 4.83. The van der Waals surface area contributed by atoms with E-state index in [1.807, 2.05) is 0 Å². The van der Waals surface area contributed by atoms with Gasteiger partial charge in [-0.3, -0.25) is 0 Å². The van der Waals surface area contributed by atoms with Gasteiger partial charge in [-0.15, -0.1) is 0 Å². The van der Waals surface area contributed by atoms with Crippen LogP contribution in [0.2, 0.25) is 0 Å². The van der Waals surface area contributed by atoms with Crippen LogP contribution in [0.3, 0.4) is 0 Å². The Hall–Kier alpha value is 0.350. The summed E-state index contributed by atoms with van der Waals surface area (Å²) in [6.07, 6.45) is 4.04. The third-order valence-electron chi connectivity index (χ3n) is 4.11. The molecular weight excluding hydrogens is 176 g/mol. The minimum absolute atomic E-state index is 0.633. The van der Waals surface area contributed by atoms with Crippen molar-refractivity contribution in [3.63, 3.8) is 0 Å². The van der Waals surface area contributed by atoms with Crippen LogP contribution in [0.25, 0.3) is 0 Å². The van der Waals surface area contributed by atoms with Crippen molar-refractivity contribution >= 4 is 12.6 Å². The molecule has 1 aliphatic rings. The summed E-state index contributed by atoms with van der Waals surface area (Å²) in [6.45, 7) is 9.52. The number of thiol groups is 1. The van der Waals surface area contributed by atoms with Crippen LogP contribution >= 0.6 is 12.6 Å². The second-order valence-corrected chi connectivity index (χ2v) is 5.68. The molecule has 0 heterocycles. The molecule has 0 saturated heterocycles. The molecule has 5 unspecified atom stereocenters. The van der Waals surface area contributed by atoms with E-state index in [-0.39, 0.29) is 0 Å². The Balaban J connectivity index is 2.68. The fourth-order valence-corrected chi connectivity index (χ4v) is 3.13. The maximum atomic E-state index is 4.70. The fourth-order valence-electron chi connectivity index (χ4n) is 2.68. The molecule has 0 aliphatic heterocycles. The highest BCUT2D eigenvalue weighted by Crippen LogP contribution is 2.39. The first-order valence-electron chi connectivity index (χ1n) is 5.74. The lowest BCUT2D eigenvalue weighted by Gasteiger charge is -2.25. The first-order valence-corrected chi connectivity index (χ1v) is 6.25. The average molecular weight is 200 g/mol. The van der Waals surface area contributed by atoms with Gasteiger partial charge in [0.2, 0.25) is 0 Å². The van der Waals surface area contributed by atoms with Crippen molar-refractivity contribution in [1.82, 2.24) is 0 Å². The molecule has 0 spiro atoms. The van der Waals surface area contributed by atoms with E-state index in [1.54, 1.807) is 0 Å². The molecule has 13 heavy (non-hydrogen) atoms. The molecule has 0 N–H and O–H groups in total. The number of rotatable bonds is 1. The van der Waals surface area contributed by atoms with Gasteiger partial charge in [0.05, 0.1) is 0 Å². The van der Waals surface area contributed by atoms with Gasteiger partial charge < -0.3 is 0 Å². The first-order chi connectivity index (χ1) is 6.06. The lowest BCUT2D eigenvalue weighted by Crippen LogP contribution is -2.16. The van der Waals surface area contributed by atoms with E-state index >= 15 is 0 Å². The van der Waals surface area contributed by atoms with E-state index in [2.05, 4.69) is 27.7 Å². The molecule has 1 fully saturated rings. The van der Waals surface area contributed by atoms with Gasteiger partial charge in [-0.25, -0.2) is 0 Å². The summed E-state index contributed by atoms with van der Waals surface area (Å²) in [4.78, 5) is 0. The van der Waals surface area contributed by atoms with E-state index in [1.165, 1.54) is 19.3 Å². The van der Waals surface area contributed by atoms with Gasteiger partial charge in [0, 0.05) is 5.25 Å². The van der Waals surface area contributed by atoms with E-state index in [0.29, 0.717) is 5.25 Å². The molecule has 1 rings (SSSR count). The standard InChI is InChI=1S/C12H24S/c1-5-11-6-9(3)12(13)7-8(2)10(11)4/h8-13H,5-7H2,1-4H3. The lowest BCUT2D eigenvalue weighted by molar-refractivity contribution is 0.251. The van der Waals surface area contributed by atoms with Gasteiger partial charge in [0.25, 0.3) is 0 Å². The summed E-state index contributed by atoms with van der Waals surface area (Å²) in [6, 6.07) is 0. The Labute approximate surface area is 88.9 Å². The molecule has 5 atom stereocenters. The van der Waals surface area contributed by atoms with E-state index in [4.69, 9.17) is 12.6 Å². The smallest absolute Gasteiger partial charge is 0.00451 e. The van der Waals surface area contributed by atoms with Crippen LogP contribution < -0.4 is 0 Å². The Morgan fingerprint density at radius 3 is 2.23 bits per heavy atom. The zero-order chi connectivity index (χ0) is 10.0. The molecule has 1 aliphatic carbocycles. The third kappa shape index (κ3) is 2.65. The van der Waals surface area contributed by atoms with E-state index < -0.39 is 0 Å². The molecule has 0 amide bonds. The molecule has 1 saturated carbocycles. The van der Waals surface area contributed by atoms with Gasteiger partial charge >= 0.3 is 0 Å². The van der Waals surface area contributed by atoms with E-state index in [9.17, 15) is 0 Å².